The number of amides is 2. The van der Waals surface area contributed by atoms with E-state index < -0.39 is 17.5 Å². The molecule has 0 unspecified atom stereocenters. The van der Waals surface area contributed by atoms with Crippen LogP contribution in [0.3, 0.4) is 0 Å². The van der Waals surface area contributed by atoms with Gasteiger partial charge in [-0.25, -0.2) is 18.7 Å². The Morgan fingerprint density at radius 2 is 1.81 bits per heavy atom. The average Bonchev–Trinajstić information content (AvgIpc) is 2.64. The molecule has 2 amide bonds. The van der Waals surface area contributed by atoms with Crippen molar-refractivity contribution in [3.63, 3.8) is 0 Å². The van der Waals surface area contributed by atoms with Crippen LogP contribution in [-0.2, 0) is 4.79 Å². The van der Waals surface area contributed by atoms with Crippen LogP contribution in [0.4, 0.5) is 20.3 Å². The molecule has 1 aromatic carbocycles. The Hall–Kier alpha value is -3.10. The summed E-state index contributed by atoms with van der Waals surface area (Å²) in [5, 5.41) is 2.33. The molecule has 3 rings (SSSR count). The first-order valence-electron chi connectivity index (χ1n) is 8.03. The first-order valence-corrected chi connectivity index (χ1v) is 8.03. The Morgan fingerprint density at radius 3 is 2.38 bits per heavy atom. The fourth-order valence-electron chi connectivity index (χ4n) is 2.63. The van der Waals surface area contributed by atoms with Gasteiger partial charge in [0.15, 0.2) is 0 Å². The van der Waals surface area contributed by atoms with Gasteiger partial charge in [0.25, 0.3) is 5.91 Å². The molecule has 0 atom stereocenters. The van der Waals surface area contributed by atoms with E-state index in [1.54, 1.807) is 4.90 Å². The number of hydrogen-bond donors (Lipinski definition) is 1. The van der Waals surface area contributed by atoms with Crippen LogP contribution in [0.1, 0.15) is 17.4 Å². The molecule has 26 heavy (non-hydrogen) atoms. The maximum Gasteiger partial charge on any atom is 0.275 e. The second-order valence-corrected chi connectivity index (χ2v) is 5.83. The highest BCUT2D eigenvalue weighted by Crippen LogP contribution is 2.17. The molecule has 2 heterocycles. The second-order valence-electron chi connectivity index (χ2n) is 5.83. The number of rotatable bonds is 3. The van der Waals surface area contributed by atoms with Crippen molar-refractivity contribution in [3.05, 3.63) is 47.9 Å². The van der Waals surface area contributed by atoms with Gasteiger partial charge in [-0.1, -0.05) is 0 Å². The lowest BCUT2D eigenvalue weighted by Gasteiger charge is -2.34. The first-order chi connectivity index (χ1) is 12.4. The highest BCUT2D eigenvalue weighted by Gasteiger charge is 2.20. The van der Waals surface area contributed by atoms with Crippen molar-refractivity contribution < 1.29 is 18.4 Å². The molecule has 0 bridgehead atoms. The van der Waals surface area contributed by atoms with Gasteiger partial charge in [-0.2, -0.15) is 0 Å². The number of hydrogen-bond acceptors (Lipinski definition) is 5. The van der Waals surface area contributed by atoms with Gasteiger partial charge in [0.05, 0.1) is 18.1 Å². The maximum absolute atomic E-state index is 13.6. The van der Waals surface area contributed by atoms with Crippen molar-refractivity contribution in [1.29, 1.82) is 0 Å². The Kier molecular flexibility index (Phi) is 5.06. The molecular weight excluding hydrogens is 344 g/mol. The topological polar surface area (TPSA) is 78.4 Å². The lowest BCUT2D eigenvalue weighted by molar-refractivity contribution is -0.129. The highest BCUT2D eigenvalue weighted by molar-refractivity contribution is 6.02. The van der Waals surface area contributed by atoms with E-state index >= 15 is 0 Å². The first kappa shape index (κ1) is 17.7. The van der Waals surface area contributed by atoms with Crippen LogP contribution in [0.15, 0.2) is 30.6 Å². The lowest BCUT2D eigenvalue weighted by atomic mass is 10.3. The molecule has 1 aliphatic heterocycles. The standard InChI is InChI=1S/C17H17F2N5O2/c1-11(25)23-4-6-24(7-5-23)16-10-20-15(9-21-16)17(26)22-14-3-2-12(18)8-13(14)19/h2-3,8-10H,4-7H2,1H3,(H,22,26). The second kappa shape index (κ2) is 7.42. The predicted molar refractivity (Wildman–Crippen MR) is 90.8 cm³/mol. The number of carbonyl (C=O) groups excluding carboxylic acids is 2. The summed E-state index contributed by atoms with van der Waals surface area (Å²) in [4.78, 5) is 35.5. The Labute approximate surface area is 148 Å². The number of benzene rings is 1. The van der Waals surface area contributed by atoms with Crippen LogP contribution in [0.25, 0.3) is 0 Å². The molecule has 0 saturated carbocycles. The molecule has 136 valence electrons. The molecule has 2 aromatic rings. The molecule has 1 aromatic heterocycles. The summed E-state index contributed by atoms with van der Waals surface area (Å²) >= 11 is 0. The summed E-state index contributed by atoms with van der Waals surface area (Å²) in [6, 6.07) is 2.87. The van der Waals surface area contributed by atoms with E-state index in [1.165, 1.54) is 19.3 Å². The van der Waals surface area contributed by atoms with Gasteiger partial charge in [0.1, 0.15) is 23.1 Å². The number of nitrogens with zero attached hydrogens (tertiary/aromatic N) is 4. The van der Waals surface area contributed by atoms with Crippen LogP contribution in [0, 0.1) is 11.6 Å². The lowest BCUT2D eigenvalue weighted by Crippen LogP contribution is -2.48. The van der Waals surface area contributed by atoms with E-state index in [2.05, 4.69) is 15.3 Å². The largest absolute Gasteiger partial charge is 0.352 e. The van der Waals surface area contributed by atoms with Crippen LogP contribution in [0.5, 0.6) is 0 Å². The fourth-order valence-corrected chi connectivity index (χ4v) is 2.63. The van der Waals surface area contributed by atoms with Crippen LogP contribution in [-0.4, -0.2) is 52.9 Å². The molecule has 9 heteroatoms. The highest BCUT2D eigenvalue weighted by atomic mass is 19.1. The summed E-state index contributed by atoms with van der Waals surface area (Å²) in [7, 11) is 0. The van der Waals surface area contributed by atoms with Crippen molar-refractivity contribution in [3.8, 4) is 0 Å². The van der Waals surface area contributed by atoms with Crippen molar-refractivity contribution in [2.75, 3.05) is 36.4 Å². The van der Waals surface area contributed by atoms with Gasteiger partial charge in [-0.05, 0) is 12.1 Å². The molecule has 1 N–H and O–H groups in total. The number of carbonyl (C=O) groups is 2. The number of aromatic nitrogens is 2. The van der Waals surface area contributed by atoms with E-state index in [-0.39, 0.29) is 17.3 Å². The summed E-state index contributed by atoms with van der Waals surface area (Å²) in [5.41, 5.74) is -0.123. The minimum absolute atomic E-state index is 0.0137. The molecule has 0 aliphatic carbocycles. The number of piperazine rings is 1. The smallest absolute Gasteiger partial charge is 0.275 e. The van der Waals surface area contributed by atoms with Crippen LogP contribution in [0.2, 0.25) is 0 Å². The zero-order valence-electron chi connectivity index (χ0n) is 14.1. The molecule has 0 radical (unpaired) electrons. The minimum Gasteiger partial charge on any atom is -0.352 e. The Balaban J connectivity index is 1.64. The molecule has 1 fully saturated rings. The molecule has 1 aliphatic rings. The van der Waals surface area contributed by atoms with Gasteiger partial charge in [-0.15, -0.1) is 0 Å². The fraction of sp³-hybridized carbons (Fsp3) is 0.294. The van der Waals surface area contributed by atoms with Crippen molar-refractivity contribution in [2.45, 2.75) is 6.92 Å². The SMILES string of the molecule is CC(=O)N1CCN(c2cnc(C(=O)Nc3ccc(F)cc3F)cn2)CC1. The third-order valence-corrected chi connectivity index (χ3v) is 4.10. The van der Waals surface area contributed by atoms with E-state index in [0.29, 0.717) is 38.1 Å². The van der Waals surface area contributed by atoms with Gasteiger partial charge >= 0.3 is 0 Å². The van der Waals surface area contributed by atoms with Crippen molar-refractivity contribution in [1.82, 2.24) is 14.9 Å². The number of nitrogens with one attached hydrogen (secondary N) is 1. The third kappa shape index (κ3) is 3.93. The third-order valence-electron chi connectivity index (χ3n) is 4.10. The van der Waals surface area contributed by atoms with E-state index in [4.69, 9.17) is 0 Å². The molecular formula is C17H17F2N5O2. The van der Waals surface area contributed by atoms with E-state index in [1.807, 2.05) is 4.90 Å². The monoisotopic (exact) mass is 361 g/mol. The normalized spacial score (nSPS) is 14.3. The zero-order valence-corrected chi connectivity index (χ0v) is 14.1. The summed E-state index contributed by atoms with van der Waals surface area (Å²) in [6.45, 7) is 3.99. The summed E-state index contributed by atoms with van der Waals surface area (Å²) in [5.74, 6) is -1.61. The molecule has 1 saturated heterocycles. The summed E-state index contributed by atoms with van der Waals surface area (Å²) in [6.07, 6.45) is 2.75. The van der Waals surface area contributed by atoms with Crippen molar-refractivity contribution >= 4 is 23.3 Å². The van der Waals surface area contributed by atoms with E-state index in [9.17, 15) is 18.4 Å². The van der Waals surface area contributed by atoms with Gasteiger partial charge in [-0.3, -0.25) is 9.59 Å². The molecule has 0 spiro atoms. The van der Waals surface area contributed by atoms with Crippen LogP contribution >= 0.6 is 0 Å². The predicted octanol–water partition coefficient (Wildman–Crippen LogP) is 1.68. The number of halogens is 2. The Morgan fingerprint density at radius 1 is 1.08 bits per heavy atom. The zero-order chi connectivity index (χ0) is 18.7. The quantitative estimate of drug-likeness (QED) is 0.900. The number of anilines is 2. The maximum atomic E-state index is 13.6. The Bertz CT molecular complexity index is 820. The van der Waals surface area contributed by atoms with Gasteiger partial charge in [0, 0.05) is 39.2 Å². The van der Waals surface area contributed by atoms with E-state index in [0.717, 1.165) is 12.1 Å². The van der Waals surface area contributed by atoms with Gasteiger partial charge < -0.3 is 15.1 Å². The summed E-state index contributed by atoms with van der Waals surface area (Å²) < 4.78 is 26.5. The minimum atomic E-state index is -0.869. The van der Waals surface area contributed by atoms with Crippen molar-refractivity contribution in [2.24, 2.45) is 0 Å². The average molecular weight is 361 g/mol. The van der Waals surface area contributed by atoms with Gasteiger partial charge in [0.2, 0.25) is 5.91 Å². The van der Waals surface area contributed by atoms with Crippen LogP contribution < -0.4 is 10.2 Å². The molecule has 7 nitrogen and oxygen atoms in total.